The quantitative estimate of drug-likeness (QED) is 0.641. The first-order valence-electron chi connectivity index (χ1n) is 4.56. The highest BCUT2D eigenvalue weighted by atomic mass is 19.1. The molecule has 1 aliphatic heterocycles. The maximum Gasteiger partial charge on any atom is 0.125 e. The van der Waals surface area contributed by atoms with Crippen molar-refractivity contribution in [3.63, 3.8) is 0 Å². The van der Waals surface area contributed by atoms with Gasteiger partial charge in [-0.25, -0.2) is 4.39 Å². The number of benzene rings is 1. The van der Waals surface area contributed by atoms with Gasteiger partial charge in [-0.05, 0) is 30.5 Å². The molecule has 0 aromatic heterocycles. The van der Waals surface area contributed by atoms with E-state index in [1.165, 1.54) is 12.1 Å². The maximum atomic E-state index is 12.9. The van der Waals surface area contributed by atoms with Gasteiger partial charge in [0.2, 0.25) is 0 Å². The molecule has 0 fully saturated rings. The summed E-state index contributed by atoms with van der Waals surface area (Å²) >= 11 is 0. The highest BCUT2D eigenvalue weighted by Gasteiger charge is 2.14. The van der Waals surface area contributed by atoms with Gasteiger partial charge in [-0.15, -0.1) is 0 Å². The first-order chi connectivity index (χ1) is 6.27. The molecule has 0 spiro atoms. The number of halogens is 1. The van der Waals surface area contributed by atoms with Gasteiger partial charge in [0.25, 0.3) is 0 Å². The summed E-state index contributed by atoms with van der Waals surface area (Å²) in [7, 11) is 0. The SMILES string of the molecule is NC1CCCNc2cc(F)ccc21. The van der Waals surface area contributed by atoms with E-state index in [-0.39, 0.29) is 11.9 Å². The molecule has 2 nitrogen and oxygen atoms in total. The summed E-state index contributed by atoms with van der Waals surface area (Å²) in [6.45, 7) is 0.879. The Morgan fingerprint density at radius 3 is 3.15 bits per heavy atom. The van der Waals surface area contributed by atoms with Crippen molar-refractivity contribution in [3.05, 3.63) is 29.6 Å². The van der Waals surface area contributed by atoms with Gasteiger partial charge in [0.05, 0.1) is 0 Å². The van der Waals surface area contributed by atoms with E-state index in [9.17, 15) is 4.39 Å². The summed E-state index contributed by atoms with van der Waals surface area (Å²) < 4.78 is 12.9. The Labute approximate surface area is 76.9 Å². The van der Waals surface area contributed by atoms with Gasteiger partial charge in [-0.1, -0.05) is 6.07 Å². The van der Waals surface area contributed by atoms with Crippen LogP contribution in [0, 0.1) is 5.82 Å². The average molecular weight is 180 g/mol. The van der Waals surface area contributed by atoms with Crippen LogP contribution < -0.4 is 11.1 Å². The second kappa shape index (κ2) is 3.34. The standard InChI is InChI=1S/C10H13FN2/c11-7-3-4-8-9(12)2-1-5-13-10(8)6-7/h3-4,6,9,13H,1-2,5,12H2. The molecule has 0 saturated carbocycles. The first kappa shape index (κ1) is 8.51. The van der Waals surface area contributed by atoms with Gasteiger partial charge in [0, 0.05) is 18.3 Å². The molecule has 1 atom stereocenters. The van der Waals surface area contributed by atoms with Crippen LogP contribution in [0.25, 0.3) is 0 Å². The van der Waals surface area contributed by atoms with Crippen LogP contribution in [0.5, 0.6) is 0 Å². The number of fused-ring (bicyclic) bond motifs is 1. The molecule has 0 amide bonds. The van der Waals surface area contributed by atoms with Gasteiger partial charge in [0.15, 0.2) is 0 Å². The van der Waals surface area contributed by atoms with Crippen molar-refractivity contribution in [3.8, 4) is 0 Å². The van der Waals surface area contributed by atoms with Crippen LogP contribution in [0.4, 0.5) is 10.1 Å². The van der Waals surface area contributed by atoms with Crippen molar-refractivity contribution < 1.29 is 4.39 Å². The monoisotopic (exact) mass is 180 g/mol. The van der Waals surface area contributed by atoms with Crippen molar-refractivity contribution in [1.82, 2.24) is 0 Å². The summed E-state index contributed by atoms with van der Waals surface area (Å²) in [4.78, 5) is 0. The second-order valence-electron chi connectivity index (χ2n) is 3.41. The van der Waals surface area contributed by atoms with E-state index in [0.717, 1.165) is 30.6 Å². The minimum atomic E-state index is -0.208. The molecule has 1 aromatic rings. The number of anilines is 1. The molecule has 0 saturated heterocycles. The van der Waals surface area contributed by atoms with E-state index in [1.54, 1.807) is 6.07 Å². The van der Waals surface area contributed by atoms with Gasteiger partial charge >= 0.3 is 0 Å². The molecule has 0 aliphatic carbocycles. The minimum absolute atomic E-state index is 0.0469. The third kappa shape index (κ3) is 1.65. The third-order valence-corrected chi connectivity index (χ3v) is 2.42. The fraction of sp³-hybridized carbons (Fsp3) is 0.400. The Morgan fingerprint density at radius 1 is 1.46 bits per heavy atom. The third-order valence-electron chi connectivity index (χ3n) is 2.42. The predicted octanol–water partition coefficient (Wildman–Crippen LogP) is 2.03. The van der Waals surface area contributed by atoms with E-state index in [2.05, 4.69) is 5.32 Å². The number of nitrogens with one attached hydrogen (secondary N) is 1. The van der Waals surface area contributed by atoms with E-state index in [0.29, 0.717) is 0 Å². The molecule has 1 unspecified atom stereocenters. The van der Waals surface area contributed by atoms with Crippen molar-refractivity contribution in [1.29, 1.82) is 0 Å². The van der Waals surface area contributed by atoms with Gasteiger partial charge in [0.1, 0.15) is 5.82 Å². The summed E-state index contributed by atoms with van der Waals surface area (Å²) in [6.07, 6.45) is 2.00. The molecular formula is C10H13FN2. The average Bonchev–Trinajstić information content (AvgIpc) is 2.28. The van der Waals surface area contributed by atoms with Crippen LogP contribution >= 0.6 is 0 Å². The van der Waals surface area contributed by atoms with E-state index >= 15 is 0 Å². The van der Waals surface area contributed by atoms with E-state index in [4.69, 9.17) is 5.73 Å². The van der Waals surface area contributed by atoms with Gasteiger partial charge in [-0.2, -0.15) is 0 Å². The summed E-state index contributed by atoms with van der Waals surface area (Å²) in [5.41, 5.74) is 7.81. The molecule has 1 heterocycles. The highest BCUT2D eigenvalue weighted by Crippen LogP contribution is 2.27. The fourth-order valence-corrected chi connectivity index (χ4v) is 1.71. The van der Waals surface area contributed by atoms with Crippen LogP contribution in [-0.2, 0) is 0 Å². The van der Waals surface area contributed by atoms with Gasteiger partial charge in [-0.3, -0.25) is 0 Å². The Morgan fingerprint density at radius 2 is 2.31 bits per heavy atom. The van der Waals surface area contributed by atoms with Crippen LogP contribution in [-0.4, -0.2) is 6.54 Å². The highest BCUT2D eigenvalue weighted by molar-refractivity contribution is 5.53. The molecule has 1 aromatic carbocycles. The van der Waals surface area contributed by atoms with Crippen molar-refractivity contribution >= 4 is 5.69 Å². The molecular weight excluding hydrogens is 167 g/mol. The maximum absolute atomic E-state index is 12.9. The Kier molecular flexibility index (Phi) is 2.19. The Bertz CT molecular complexity index is 312. The second-order valence-corrected chi connectivity index (χ2v) is 3.41. The number of rotatable bonds is 0. The van der Waals surface area contributed by atoms with E-state index in [1.807, 2.05) is 0 Å². The molecule has 1 aliphatic rings. The zero-order valence-corrected chi connectivity index (χ0v) is 7.39. The summed E-state index contributed by atoms with van der Waals surface area (Å²) in [5, 5.41) is 3.18. The Balaban J connectivity index is 2.42. The van der Waals surface area contributed by atoms with Crippen molar-refractivity contribution in [2.24, 2.45) is 5.73 Å². The topological polar surface area (TPSA) is 38.0 Å². The van der Waals surface area contributed by atoms with Crippen molar-refractivity contribution in [2.45, 2.75) is 18.9 Å². The lowest BCUT2D eigenvalue weighted by Gasteiger charge is -2.11. The summed E-state index contributed by atoms with van der Waals surface area (Å²) in [5.74, 6) is -0.208. The van der Waals surface area contributed by atoms with Crippen LogP contribution in [0.15, 0.2) is 18.2 Å². The Hall–Kier alpha value is -1.09. The largest absolute Gasteiger partial charge is 0.385 e. The molecule has 13 heavy (non-hydrogen) atoms. The number of nitrogens with two attached hydrogens (primary N) is 1. The number of hydrogen-bond acceptors (Lipinski definition) is 2. The molecule has 3 N–H and O–H groups in total. The molecule has 70 valence electrons. The lowest BCUT2D eigenvalue weighted by atomic mass is 10.0. The lowest BCUT2D eigenvalue weighted by Crippen LogP contribution is -2.09. The first-order valence-corrected chi connectivity index (χ1v) is 4.56. The molecule has 0 bridgehead atoms. The van der Waals surface area contributed by atoms with Crippen molar-refractivity contribution in [2.75, 3.05) is 11.9 Å². The molecule has 2 rings (SSSR count). The van der Waals surface area contributed by atoms with Crippen LogP contribution in [0.3, 0.4) is 0 Å². The zero-order valence-electron chi connectivity index (χ0n) is 7.39. The fourth-order valence-electron chi connectivity index (χ4n) is 1.71. The van der Waals surface area contributed by atoms with E-state index < -0.39 is 0 Å². The zero-order chi connectivity index (χ0) is 9.26. The van der Waals surface area contributed by atoms with Gasteiger partial charge < -0.3 is 11.1 Å². The lowest BCUT2D eigenvalue weighted by molar-refractivity contribution is 0.622. The minimum Gasteiger partial charge on any atom is -0.385 e. The smallest absolute Gasteiger partial charge is 0.125 e. The normalized spacial score (nSPS) is 21.5. The number of hydrogen-bond donors (Lipinski definition) is 2. The predicted molar refractivity (Wildman–Crippen MR) is 51.1 cm³/mol. The summed E-state index contributed by atoms with van der Waals surface area (Å²) in [6, 6.07) is 4.80. The van der Waals surface area contributed by atoms with Crippen LogP contribution in [0.2, 0.25) is 0 Å². The molecule has 3 heteroatoms. The molecule has 0 radical (unpaired) electrons. The van der Waals surface area contributed by atoms with Crippen LogP contribution in [0.1, 0.15) is 24.4 Å².